The van der Waals surface area contributed by atoms with E-state index in [4.69, 9.17) is 24.0 Å². The molecular formula is C25H33N5O4. The van der Waals surface area contributed by atoms with Crippen molar-refractivity contribution in [3.63, 3.8) is 0 Å². The third-order valence-electron chi connectivity index (χ3n) is 6.16. The van der Waals surface area contributed by atoms with E-state index in [0.29, 0.717) is 24.2 Å². The molecule has 34 heavy (non-hydrogen) atoms. The number of aliphatic hydroxyl groups is 1. The van der Waals surface area contributed by atoms with Crippen LogP contribution in [0.3, 0.4) is 0 Å². The molecule has 182 valence electrons. The first-order valence-electron chi connectivity index (χ1n) is 11.6. The molecule has 2 aromatic heterocycles. The van der Waals surface area contributed by atoms with Crippen LogP contribution in [0.1, 0.15) is 29.9 Å². The summed E-state index contributed by atoms with van der Waals surface area (Å²) < 4.78 is 16.7. The zero-order valence-corrected chi connectivity index (χ0v) is 20.4. The highest BCUT2D eigenvalue weighted by Crippen LogP contribution is 2.35. The molecule has 9 heteroatoms. The van der Waals surface area contributed by atoms with Crippen molar-refractivity contribution in [1.29, 1.82) is 0 Å². The number of likely N-dealkylation sites (N-methyl/N-ethyl adjacent to an activating group) is 1. The average molecular weight is 468 g/mol. The lowest BCUT2D eigenvalue weighted by Crippen LogP contribution is -2.40. The van der Waals surface area contributed by atoms with Gasteiger partial charge in [-0.25, -0.2) is 9.97 Å². The first kappa shape index (κ1) is 24.1. The fourth-order valence-electron chi connectivity index (χ4n) is 4.13. The molecule has 1 aromatic carbocycles. The third kappa shape index (κ3) is 5.22. The third-order valence-corrected chi connectivity index (χ3v) is 6.16. The number of aromatic nitrogens is 3. The predicted octanol–water partition coefficient (Wildman–Crippen LogP) is 3.27. The van der Waals surface area contributed by atoms with Crippen LogP contribution in [0.4, 0.5) is 5.82 Å². The summed E-state index contributed by atoms with van der Waals surface area (Å²) in [6.45, 7) is 6.48. The van der Waals surface area contributed by atoms with E-state index in [9.17, 15) is 5.11 Å². The molecule has 0 radical (unpaired) electrons. The number of aryl methyl sites for hydroxylation is 2. The molecule has 1 aliphatic carbocycles. The van der Waals surface area contributed by atoms with Crippen LogP contribution in [0.2, 0.25) is 0 Å². The Hall–Kier alpha value is -3.01. The monoisotopic (exact) mass is 467 g/mol. The van der Waals surface area contributed by atoms with Crippen molar-refractivity contribution in [1.82, 2.24) is 20.4 Å². The molecule has 1 fully saturated rings. The topological polar surface area (TPSA) is 115 Å². The summed E-state index contributed by atoms with van der Waals surface area (Å²) in [6.07, 6.45) is 1.57. The molecule has 4 rings (SSSR count). The van der Waals surface area contributed by atoms with Crippen LogP contribution in [0, 0.1) is 20.8 Å². The molecule has 0 saturated heterocycles. The fraction of sp³-hybridized carbons (Fsp3) is 0.480. The Morgan fingerprint density at radius 3 is 2.68 bits per heavy atom. The second-order valence-corrected chi connectivity index (χ2v) is 8.79. The Bertz CT molecular complexity index is 1110. The first-order valence-corrected chi connectivity index (χ1v) is 11.6. The number of hydrogen-bond acceptors (Lipinski definition) is 9. The van der Waals surface area contributed by atoms with Gasteiger partial charge in [0.2, 0.25) is 0 Å². The van der Waals surface area contributed by atoms with Gasteiger partial charge in [-0.2, -0.15) is 0 Å². The number of nitrogens with one attached hydrogen (secondary N) is 2. The van der Waals surface area contributed by atoms with E-state index in [2.05, 4.69) is 15.8 Å². The predicted molar refractivity (Wildman–Crippen MR) is 130 cm³/mol. The van der Waals surface area contributed by atoms with Gasteiger partial charge in [0.1, 0.15) is 30.0 Å². The number of methoxy groups -OCH3 is 1. The minimum atomic E-state index is -0.593. The van der Waals surface area contributed by atoms with Crippen LogP contribution in [-0.2, 0) is 4.74 Å². The molecule has 2 heterocycles. The van der Waals surface area contributed by atoms with Crippen LogP contribution in [-0.4, -0.2) is 65.8 Å². The molecule has 3 aromatic rings. The van der Waals surface area contributed by atoms with E-state index < -0.39 is 6.10 Å². The summed E-state index contributed by atoms with van der Waals surface area (Å²) in [5, 5.41) is 20.6. The number of ether oxygens (including phenoxy) is 2. The standard InChI is InChI=1S/C25H33N5O4/c1-14-23(22-15(2)30-34-16(22)3)28-25(29-24(14)27-18-10-21(11-18)32-5)17-7-6-8-20(9-17)33-13-19(31)12-26-4/h6-9,18-19,21,26,31H,10-13H2,1-5H3,(H,27,28,29)/t18-,19?,21+. The van der Waals surface area contributed by atoms with Crippen LogP contribution < -0.4 is 15.4 Å². The molecule has 0 aliphatic heterocycles. The number of rotatable bonds is 10. The molecule has 9 nitrogen and oxygen atoms in total. The molecule has 1 unspecified atom stereocenters. The molecular weight excluding hydrogens is 434 g/mol. The second-order valence-electron chi connectivity index (χ2n) is 8.79. The average Bonchev–Trinajstić information content (AvgIpc) is 3.13. The highest BCUT2D eigenvalue weighted by molar-refractivity contribution is 5.74. The zero-order chi connectivity index (χ0) is 24.2. The number of anilines is 1. The number of benzene rings is 1. The maximum atomic E-state index is 9.96. The van der Waals surface area contributed by atoms with Crippen LogP contribution >= 0.6 is 0 Å². The summed E-state index contributed by atoms with van der Waals surface area (Å²) >= 11 is 0. The van der Waals surface area contributed by atoms with E-state index in [-0.39, 0.29) is 12.7 Å². The van der Waals surface area contributed by atoms with Gasteiger partial charge in [0.05, 0.1) is 23.1 Å². The van der Waals surface area contributed by atoms with Gasteiger partial charge in [0, 0.05) is 30.8 Å². The molecule has 3 N–H and O–H groups in total. The summed E-state index contributed by atoms with van der Waals surface area (Å²) in [4.78, 5) is 9.81. The van der Waals surface area contributed by atoms with Crippen molar-refractivity contribution in [3.8, 4) is 28.4 Å². The molecule has 0 bridgehead atoms. The van der Waals surface area contributed by atoms with Crippen LogP contribution in [0.5, 0.6) is 5.75 Å². The van der Waals surface area contributed by atoms with Crippen molar-refractivity contribution in [2.75, 3.05) is 32.6 Å². The van der Waals surface area contributed by atoms with Gasteiger partial charge >= 0.3 is 0 Å². The number of hydrogen-bond donors (Lipinski definition) is 3. The maximum Gasteiger partial charge on any atom is 0.162 e. The second kappa shape index (κ2) is 10.5. The molecule has 0 amide bonds. The summed E-state index contributed by atoms with van der Waals surface area (Å²) in [7, 11) is 3.54. The van der Waals surface area contributed by atoms with Gasteiger partial charge in [-0.15, -0.1) is 0 Å². The Kier molecular flexibility index (Phi) is 7.45. The molecule has 1 saturated carbocycles. The Morgan fingerprint density at radius 1 is 1.21 bits per heavy atom. The van der Waals surface area contributed by atoms with E-state index in [1.807, 2.05) is 45.0 Å². The first-order chi connectivity index (χ1) is 16.4. The number of aliphatic hydroxyl groups excluding tert-OH is 1. The molecule has 0 spiro atoms. The van der Waals surface area contributed by atoms with Crippen LogP contribution in [0.15, 0.2) is 28.8 Å². The van der Waals surface area contributed by atoms with Gasteiger partial charge in [0.15, 0.2) is 5.82 Å². The Balaban J connectivity index is 1.69. The SMILES string of the molecule is CNCC(O)COc1cccc(-c2nc(N[C@H]3C[C@@H](OC)C3)c(C)c(-c3c(C)noc3C)n2)c1. The lowest BCUT2D eigenvalue weighted by molar-refractivity contribution is 0.0328. The van der Waals surface area contributed by atoms with Crippen molar-refractivity contribution >= 4 is 5.82 Å². The Labute approximate surface area is 199 Å². The highest BCUT2D eigenvalue weighted by Gasteiger charge is 2.30. The maximum absolute atomic E-state index is 9.96. The zero-order valence-electron chi connectivity index (χ0n) is 20.4. The fourth-order valence-corrected chi connectivity index (χ4v) is 4.13. The number of nitrogens with zero attached hydrogens (tertiary/aromatic N) is 3. The summed E-state index contributed by atoms with van der Waals surface area (Å²) in [5.41, 5.74) is 4.23. The van der Waals surface area contributed by atoms with Gasteiger partial charge in [0.25, 0.3) is 0 Å². The van der Waals surface area contributed by atoms with E-state index >= 15 is 0 Å². The van der Waals surface area contributed by atoms with Gasteiger partial charge in [-0.05, 0) is 52.8 Å². The van der Waals surface area contributed by atoms with Gasteiger partial charge < -0.3 is 29.7 Å². The molecule has 1 aliphatic rings. The normalized spacial score (nSPS) is 18.4. The quantitative estimate of drug-likeness (QED) is 0.413. The highest BCUT2D eigenvalue weighted by atomic mass is 16.5. The Morgan fingerprint density at radius 2 is 2.00 bits per heavy atom. The smallest absolute Gasteiger partial charge is 0.162 e. The van der Waals surface area contributed by atoms with Crippen molar-refractivity contribution in [2.45, 2.75) is 51.9 Å². The minimum absolute atomic E-state index is 0.193. The van der Waals surface area contributed by atoms with Gasteiger partial charge in [-0.3, -0.25) is 0 Å². The van der Waals surface area contributed by atoms with Gasteiger partial charge in [-0.1, -0.05) is 17.3 Å². The van der Waals surface area contributed by atoms with Crippen molar-refractivity contribution in [2.24, 2.45) is 0 Å². The van der Waals surface area contributed by atoms with E-state index in [1.165, 1.54) is 0 Å². The van der Waals surface area contributed by atoms with Crippen molar-refractivity contribution in [3.05, 3.63) is 41.3 Å². The van der Waals surface area contributed by atoms with E-state index in [1.54, 1.807) is 14.2 Å². The summed E-state index contributed by atoms with van der Waals surface area (Å²) in [5.74, 6) is 2.73. The lowest BCUT2D eigenvalue weighted by Gasteiger charge is -2.35. The van der Waals surface area contributed by atoms with E-state index in [0.717, 1.165) is 52.5 Å². The van der Waals surface area contributed by atoms with Crippen LogP contribution in [0.25, 0.3) is 22.6 Å². The van der Waals surface area contributed by atoms with Crippen molar-refractivity contribution < 1.29 is 19.1 Å². The lowest BCUT2D eigenvalue weighted by atomic mass is 9.89. The molecule has 1 atom stereocenters. The summed E-state index contributed by atoms with van der Waals surface area (Å²) in [6, 6.07) is 7.90. The largest absolute Gasteiger partial charge is 0.491 e. The minimum Gasteiger partial charge on any atom is -0.491 e.